The maximum absolute atomic E-state index is 13.3. The molecule has 3 aromatic rings. The van der Waals surface area contributed by atoms with E-state index in [0.717, 1.165) is 30.2 Å². The Bertz CT molecular complexity index is 1260. The summed E-state index contributed by atoms with van der Waals surface area (Å²) >= 11 is 0. The standard InChI is InChI=1S/C29H32N4O3/c1-17(2)31-26-12-9-21(14-30-26)28(34)32-25-13-20(6-5-18(25)3)29(35)33-15-23-24(16-33)27(23)19-7-10-22(36-4)11-8-19/h5-14,17,23-24,27H,15-16H2,1-4H3,(H,30,31)(H,32,34). The van der Waals surface area contributed by atoms with Gasteiger partial charge in [-0.25, -0.2) is 4.98 Å². The predicted octanol–water partition coefficient (Wildman–Crippen LogP) is 4.96. The van der Waals surface area contributed by atoms with Gasteiger partial charge in [-0.3, -0.25) is 9.59 Å². The van der Waals surface area contributed by atoms with Crippen molar-refractivity contribution in [1.29, 1.82) is 0 Å². The molecule has 2 aromatic carbocycles. The molecule has 1 aromatic heterocycles. The number of nitrogens with zero attached hydrogens (tertiary/aromatic N) is 2. The lowest BCUT2D eigenvalue weighted by molar-refractivity contribution is 0.0772. The number of benzene rings is 2. The molecule has 2 fully saturated rings. The van der Waals surface area contributed by atoms with E-state index in [9.17, 15) is 9.59 Å². The van der Waals surface area contributed by atoms with Gasteiger partial charge in [0.15, 0.2) is 0 Å². The van der Waals surface area contributed by atoms with E-state index >= 15 is 0 Å². The number of nitrogens with one attached hydrogen (secondary N) is 2. The summed E-state index contributed by atoms with van der Waals surface area (Å²) in [6.45, 7) is 7.51. The van der Waals surface area contributed by atoms with Crippen LogP contribution in [-0.4, -0.2) is 47.9 Å². The highest BCUT2D eigenvalue weighted by atomic mass is 16.5. The van der Waals surface area contributed by atoms with Gasteiger partial charge in [0.1, 0.15) is 11.6 Å². The van der Waals surface area contributed by atoms with Crippen LogP contribution >= 0.6 is 0 Å². The Labute approximate surface area is 211 Å². The van der Waals surface area contributed by atoms with Crippen molar-refractivity contribution in [2.24, 2.45) is 11.8 Å². The van der Waals surface area contributed by atoms with Crippen LogP contribution in [0.1, 0.15) is 51.6 Å². The maximum Gasteiger partial charge on any atom is 0.257 e. The molecule has 2 N–H and O–H groups in total. The molecule has 186 valence electrons. The fourth-order valence-corrected chi connectivity index (χ4v) is 5.19. The summed E-state index contributed by atoms with van der Waals surface area (Å²) in [4.78, 5) is 32.3. The third-order valence-electron chi connectivity index (χ3n) is 7.18. The van der Waals surface area contributed by atoms with Crippen molar-refractivity contribution in [3.63, 3.8) is 0 Å². The number of fused-ring (bicyclic) bond motifs is 1. The third-order valence-corrected chi connectivity index (χ3v) is 7.18. The molecule has 7 heteroatoms. The van der Waals surface area contributed by atoms with Crippen molar-refractivity contribution >= 4 is 23.3 Å². The monoisotopic (exact) mass is 484 g/mol. The number of hydrogen-bond acceptors (Lipinski definition) is 5. The molecule has 0 bridgehead atoms. The smallest absolute Gasteiger partial charge is 0.257 e. The second kappa shape index (κ2) is 9.64. The van der Waals surface area contributed by atoms with Crippen LogP contribution in [0.3, 0.4) is 0 Å². The van der Waals surface area contributed by atoms with Gasteiger partial charge in [0.05, 0.1) is 12.7 Å². The molecule has 0 radical (unpaired) electrons. The average Bonchev–Trinajstić information content (AvgIpc) is 3.37. The number of aromatic nitrogens is 1. The van der Waals surface area contributed by atoms with Gasteiger partial charge in [-0.05, 0) is 86.1 Å². The van der Waals surface area contributed by atoms with Crippen LogP contribution < -0.4 is 15.4 Å². The Morgan fingerprint density at radius 1 is 1.00 bits per heavy atom. The summed E-state index contributed by atoms with van der Waals surface area (Å²) in [6.07, 6.45) is 1.56. The van der Waals surface area contributed by atoms with Crippen molar-refractivity contribution < 1.29 is 14.3 Å². The van der Waals surface area contributed by atoms with E-state index in [0.29, 0.717) is 34.6 Å². The van der Waals surface area contributed by atoms with Crippen molar-refractivity contribution in [3.8, 4) is 5.75 Å². The van der Waals surface area contributed by atoms with Gasteiger partial charge in [0.2, 0.25) is 0 Å². The molecule has 7 nitrogen and oxygen atoms in total. The van der Waals surface area contributed by atoms with E-state index in [4.69, 9.17) is 4.74 Å². The molecule has 36 heavy (non-hydrogen) atoms. The molecule has 2 atom stereocenters. The van der Waals surface area contributed by atoms with Crippen molar-refractivity contribution in [1.82, 2.24) is 9.88 Å². The topological polar surface area (TPSA) is 83.6 Å². The van der Waals surface area contributed by atoms with Crippen molar-refractivity contribution in [3.05, 3.63) is 83.0 Å². The zero-order valence-electron chi connectivity index (χ0n) is 21.1. The van der Waals surface area contributed by atoms with Gasteiger partial charge in [-0.15, -0.1) is 0 Å². The van der Waals surface area contributed by atoms with Gasteiger partial charge >= 0.3 is 0 Å². The van der Waals surface area contributed by atoms with Crippen molar-refractivity contribution in [2.75, 3.05) is 30.8 Å². The first kappa shape index (κ1) is 23.9. The molecular formula is C29H32N4O3. The molecule has 0 spiro atoms. The zero-order valence-corrected chi connectivity index (χ0v) is 21.1. The van der Waals surface area contributed by atoms with Crippen LogP contribution in [0.5, 0.6) is 5.75 Å². The number of aryl methyl sites for hydroxylation is 1. The number of carbonyl (C=O) groups excluding carboxylic acids is 2. The number of likely N-dealkylation sites (tertiary alicyclic amines) is 1. The average molecular weight is 485 g/mol. The maximum atomic E-state index is 13.3. The van der Waals surface area contributed by atoms with E-state index in [1.165, 1.54) is 5.56 Å². The first-order chi connectivity index (χ1) is 17.3. The normalized spacial score (nSPS) is 20.1. The molecule has 2 amide bonds. The lowest BCUT2D eigenvalue weighted by Gasteiger charge is -2.21. The number of methoxy groups -OCH3 is 1. The predicted molar refractivity (Wildman–Crippen MR) is 141 cm³/mol. The van der Waals surface area contributed by atoms with Gasteiger partial charge < -0.3 is 20.3 Å². The number of pyridine rings is 1. The van der Waals surface area contributed by atoms with Crippen LogP contribution in [0.25, 0.3) is 0 Å². The quantitative estimate of drug-likeness (QED) is 0.495. The molecule has 2 heterocycles. The molecule has 1 aliphatic carbocycles. The number of amides is 2. The van der Waals surface area contributed by atoms with Gasteiger partial charge in [0.25, 0.3) is 11.8 Å². The van der Waals surface area contributed by atoms with Crippen molar-refractivity contribution in [2.45, 2.75) is 32.7 Å². The Balaban J connectivity index is 1.22. The van der Waals surface area contributed by atoms with Gasteiger partial charge in [0, 0.05) is 36.6 Å². The minimum absolute atomic E-state index is 0.0111. The molecule has 2 aliphatic rings. The molecule has 1 aliphatic heterocycles. The zero-order chi connectivity index (χ0) is 25.4. The summed E-state index contributed by atoms with van der Waals surface area (Å²) in [6, 6.07) is 17.6. The van der Waals surface area contributed by atoms with E-state index in [-0.39, 0.29) is 17.9 Å². The number of ether oxygens (including phenoxy) is 1. The van der Waals surface area contributed by atoms with E-state index in [2.05, 4.69) is 27.8 Å². The highest BCUT2D eigenvalue weighted by molar-refractivity contribution is 6.05. The van der Waals surface area contributed by atoms with Gasteiger partial charge in [-0.1, -0.05) is 18.2 Å². The minimum Gasteiger partial charge on any atom is -0.497 e. The first-order valence-corrected chi connectivity index (χ1v) is 12.4. The second-order valence-electron chi connectivity index (χ2n) is 10.1. The fraction of sp³-hybridized carbons (Fsp3) is 0.345. The molecular weight excluding hydrogens is 452 g/mol. The molecule has 5 rings (SSSR count). The lowest BCUT2D eigenvalue weighted by Crippen LogP contribution is -2.31. The van der Waals surface area contributed by atoms with Crippen LogP contribution in [0.4, 0.5) is 11.5 Å². The SMILES string of the molecule is COc1ccc(C2C3CN(C(=O)c4ccc(C)c(NC(=O)c5ccc(NC(C)C)nc5)c4)CC32)cc1. The Hall–Kier alpha value is -3.87. The van der Waals surface area contributed by atoms with Crippen LogP contribution in [0, 0.1) is 18.8 Å². The Kier molecular flexibility index (Phi) is 6.39. The number of carbonyl (C=O) groups is 2. The fourth-order valence-electron chi connectivity index (χ4n) is 5.19. The highest BCUT2D eigenvalue weighted by Gasteiger charge is 2.57. The first-order valence-electron chi connectivity index (χ1n) is 12.4. The summed E-state index contributed by atoms with van der Waals surface area (Å²) in [5, 5.41) is 6.16. The summed E-state index contributed by atoms with van der Waals surface area (Å²) in [5.41, 5.74) is 3.91. The number of anilines is 2. The van der Waals surface area contributed by atoms with E-state index in [1.807, 2.05) is 49.9 Å². The summed E-state index contributed by atoms with van der Waals surface area (Å²) < 4.78 is 5.26. The second-order valence-corrected chi connectivity index (χ2v) is 10.1. The highest BCUT2D eigenvalue weighted by Crippen LogP contribution is 2.58. The number of hydrogen-bond donors (Lipinski definition) is 2. The summed E-state index contributed by atoms with van der Waals surface area (Å²) in [5.74, 6) is 2.88. The Morgan fingerprint density at radius 2 is 1.69 bits per heavy atom. The van der Waals surface area contributed by atoms with Crippen LogP contribution in [0.2, 0.25) is 0 Å². The Morgan fingerprint density at radius 3 is 2.31 bits per heavy atom. The summed E-state index contributed by atoms with van der Waals surface area (Å²) in [7, 11) is 1.67. The van der Waals surface area contributed by atoms with E-state index in [1.54, 1.807) is 31.5 Å². The third kappa shape index (κ3) is 4.78. The van der Waals surface area contributed by atoms with Crippen LogP contribution in [0.15, 0.2) is 60.8 Å². The largest absolute Gasteiger partial charge is 0.497 e. The van der Waals surface area contributed by atoms with E-state index < -0.39 is 0 Å². The van der Waals surface area contributed by atoms with Crippen LogP contribution in [-0.2, 0) is 0 Å². The molecule has 2 unspecified atom stereocenters. The molecule has 1 saturated carbocycles. The molecule has 1 saturated heterocycles. The minimum atomic E-state index is -0.254. The number of piperidine rings is 1. The lowest BCUT2D eigenvalue weighted by atomic mass is 10.1. The number of rotatable bonds is 7. The van der Waals surface area contributed by atoms with Gasteiger partial charge in [-0.2, -0.15) is 0 Å².